The molecule has 21 heavy (non-hydrogen) atoms. The van der Waals surface area contributed by atoms with Gasteiger partial charge in [-0.25, -0.2) is 4.98 Å². The fourth-order valence-electron chi connectivity index (χ4n) is 2.15. The summed E-state index contributed by atoms with van der Waals surface area (Å²) in [4.78, 5) is 4.26. The highest BCUT2D eigenvalue weighted by molar-refractivity contribution is 5.47. The Hall–Kier alpha value is -2.23. The van der Waals surface area contributed by atoms with Gasteiger partial charge in [0.05, 0.1) is 31.1 Å². The molecule has 112 valence electrons. The minimum Gasteiger partial charge on any atom is -0.494 e. The van der Waals surface area contributed by atoms with Crippen LogP contribution in [0.5, 0.6) is 11.6 Å². The van der Waals surface area contributed by atoms with Gasteiger partial charge in [0.2, 0.25) is 5.88 Å². The first-order valence-electron chi connectivity index (χ1n) is 7.31. The van der Waals surface area contributed by atoms with Gasteiger partial charge in [0.25, 0.3) is 0 Å². The summed E-state index contributed by atoms with van der Waals surface area (Å²) in [5.41, 5.74) is 2.09. The van der Waals surface area contributed by atoms with Crippen molar-refractivity contribution in [3.63, 3.8) is 0 Å². The van der Waals surface area contributed by atoms with E-state index in [4.69, 9.17) is 9.47 Å². The van der Waals surface area contributed by atoms with Crippen molar-refractivity contribution in [1.82, 2.24) is 4.98 Å². The molecular weight excluding hydrogens is 264 g/mol. The lowest BCUT2D eigenvalue weighted by atomic mass is 10.1. The predicted octanol–water partition coefficient (Wildman–Crippen LogP) is 4.05. The normalized spacial score (nSPS) is 11.8. The zero-order valence-electron chi connectivity index (χ0n) is 12.8. The van der Waals surface area contributed by atoms with Gasteiger partial charge < -0.3 is 14.8 Å². The van der Waals surface area contributed by atoms with Crippen LogP contribution in [0.25, 0.3) is 0 Å². The summed E-state index contributed by atoms with van der Waals surface area (Å²) in [6.07, 6.45) is 1.78. The number of rotatable bonds is 7. The van der Waals surface area contributed by atoms with E-state index in [0.29, 0.717) is 19.1 Å². The summed E-state index contributed by atoms with van der Waals surface area (Å²) in [6.45, 7) is 7.33. The van der Waals surface area contributed by atoms with Gasteiger partial charge in [-0.1, -0.05) is 18.2 Å². The van der Waals surface area contributed by atoms with Crippen molar-refractivity contribution >= 4 is 5.69 Å². The maximum absolute atomic E-state index is 5.67. The van der Waals surface area contributed by atoms with Crippen LogP contribution in [0, 0.1) is 0 Å². The van der Waals surface area contributed by atoms with Crippen molar-refractivity contribution in [2.24, 2.45) is 0 Å². The van der Waals surface area contributed by atoms with Crippen molar-refractivity contribution < 1.29 is 9.47 Å². The van der Waals surface area contributed by atoms with Crippen molar-refractivity contribution in [2.45, 2.75) is 26.8 Å². The lowest BCUT2D eigenvalue weighted by molar-refractivity contribution is 0.327. The Morgan fingerprint density at radius 3 is 2.48 bits per heavy atom. The maximum atomic E-state index is 5.67. The number of benzene rings is 1. The molecule has 2 aromatic rings. The van der Waals surface area contributed by atoms with Gasteiger partial charge in [0, 0.05) is 11.6 Å². The van der Waals surface area contributed by atoms with Crippen LogP contribution in [0.1, 0.15) is 32.4 Å². The smallest absolute Gasteiger partial charge is 0.213 e. The molecule has 0 saturated carbocycles. The van der Waals surface area contributed by atoms with Crippen LogP contribution in [0.3, 0.4) is 0 Å². The highest BCUT2D eigenvalue weighted by atomic mass is 16.5. The molecule has 1 aromatic heterocycles. The SMILES string of the molecule is CCOc1ccc(NC(C)c2ccccc2OCC)cn1. The molecule has 0 spiro atoms. The van der Waals surface area contributed by atoms with Gasteiger partial charge in [-0.3, -0.25) is 0 Å². The molecule has 2 rings (SSSR count). The van der Waals surface area contributed by atoms with Gasteiger partial charge in [-0.15, -0.1) is 0 Å². The molecule has 4 heteroatoms. The summed E-state index contributed by atoms with van der Waals surface area (Å²) >= 11 is 0. The van der Waals surface area contributed by atoms with Gasteiger partial charge in [-0.2, -0.15) is 0 Å². The highest BCUT2D eigenvalue weighted by Gasteiger charge is 2.11. The van der Waals surface area contributed by atoms with Gasteiger partial charge in [0.15, 0.2) is 0 Å². The first kappa shape index (κ1) is 15.2. The van der Waals surface area contributed by atoms with Gasteiger partial charge in [-0.05, 0) is 32.9 Å². The second-order valence-corrected chi connectivity index (χ2v) is 4.65. The summed E-state index contributed by atoms with van der Waals surface area (Å²) in [5, 5.41) is 3.43. The highest BCUT2D eigenvalue weighted by Crippen LogP contribution is 2.27. The molecule has 0 radical (unpaired) electrons. The first-order valence-corrected chi connectivity index (χ1v) is 7.31. The van der Waals surface area contributed by atoms with E-state index in [1.54, 1.807) is 6.20 Å². The second kappa shape index (κ2) is 7.53. The van der Waals surface area contributed by atoms with Crippen molar-refractivity contribution in [1.29, 1.82) is 0 Å². The first-order chi connectivity index (χ1) is 10.2. The number of nitrogens with one attached hydrogen (secondary N) is 1. The summed E-state index contributed by atoms with van der Waals surface area (Å²) in [5.74, 6) is 1.56. The average molecular weight is 286 g/mol. The Labute approximate surface area is 126 Å². The van der Waals surface area contributed by atoms with E-state index in [-0.39, 0.29) is 6.04 Å². The molecule has 1 aromatic carbocycles. The number of pyridine rings is 1. The molecule has 0 fully saturated rings. The molecule has 1 unspecified atom stereocenters. The maximum Gasteiger partial charge on any atom is 0.213 e. The van der Waals surface area contributed by atoms with Crippen LogP contribution < -0.4 is 14.8 Å². The van der Waals surface area contributed by atoms with Crippen molar-refractivity contribution in [3.8, 4) is 11.6 Å². The fraction of sp³-hybridized carbons (Fsp3) is 0.353. The molecule has 1 heterocycles. The number of para-hydroxylation sites is 1. The standard InChI is InChI=1S/C17H22N2O2/c1-4-20-16-9-7-6-8-15(16)13(3)19-14-10-11-17(18-12-14)21-5-2/h6-13,19H,4-5H2,1-3H3. The Balaban J connectivity index is 2.08. The lowest BCUT2D eigenvalue weighted by Crippen LogP contribution is -2.09. The molecule has 0 aliphatic carbocycles. The topological polar surface area (TPSA) is 43.4 Å². The number of hydrogen-bond acceptors (Lipinski definition) is 4. The minimum absolute atomic E-state index is 0.132. The van der Waals surface area contributed by atoms with E-state index >= 15 is 0 Å². The van der Waals surface area contributed by atoms with E-state index in [2.05, 4.69) is 23.3 Å². The third-order valence-corrected chi connectivity index (χ3v) is 3.10. The quantitative estimate of drug-likeness (QED) is 0.834. The number of anilines is 1. The molecule has 0 amide bonds. The van der Waals surface area contributed by atoms with Crippen LogP contribution in [0.4, 0.5) is 5.69 Å². The molecule has 0 aliphatic rings. The Morgan fingerprint density at radius 1 is 1.05 bits per heavy atom. The third kappa shape index (κ3) is 4.12. The third-order valence-electron chi connectivity index (χ3n) is 3.10. The van der Waals surface area contributed by atoms with Crippen LogP contribution in [0.15, 0.2) is 42.6 Å². The Kier molecular flexibility index (Phi) is 5.43. The minimum atomic E-state index is 0.132. The zero-order valence-corrected chi connectivity index (χ0v) is 12.8. The molecular formula is C17H22N2O2. The largest absolute Gasteiger partial charge is 0.494 e. The van der Waals surface area contributed by atoms with E-state index in [1.807, 2.05) is 44.2 Å². The predicted molar refractivity (Wildman–Crippen MR) is 85.1 cm³/mol. The number of ether oxygens (including phenoxy) is 2. The van der Waals surface area contributed by atoms with E-state index < -0.39 is 0 Å². The Morgan fingerprint density at radius 2 is 1.81 bits per heavy atom. The lowest BCUT2D eigenvalue weighted by Gasteiger charge is -2.19. The summed E-state index contributed by atoms with van der Waals surface area (Å²) in [6, 6.07) is 12.0. The molecule has 1 N–H and O–H groups in total. The fourth-order valence-corrected chi connectivity index (χ4v) is 2.15. The van der Waals surface area contributed by atoms with Crippen LogP contribution in [-0.4, -0.2) is 18.2 Å². The zero-order chi connectivity index (χ0) is 15.1. The van der Waals surface area contributed by atoms with E-state index in [9.17, 15) is 0 Å². The van der Waals surface area contributed by atoms with E-state index in [0.717, 1.165) is 17.0 Å². The van der Waals surface area contributed by atoms with Crippen LogP contribution in [-0.2, 0) is 0 Å². The molecule has 1 atom stereocenters. The van der Waals surface area contributed by atoms with E-state index in [1.165, 1.54) is 0 Å². The molecule has 4 nitrogen and oxygen atoms in total. The van der Waals surface area contributed by atoms with Crippen LogP contribution >= 0.6 is 0 Å². The summed E-state index contributed by atoms with van der Waals surface area (Å²) < 4.78 is 11.0. The monoisotopic (exact) mass is 286 g/mol. The summed E-state index contributed by atoms with van der Waals surface area (Å²) in [7, 11) is 0. The second-order valence-electron chi connectivity index (χ2n) is 4.65. The average Bonchev–Trinajstić information content (AvgIpc) is 2.50. The molecule has 0 aliphatic heterocycles. The number of nitrogens with zero attached hydrogens (tertiary/aromatic N) is 1. The van der Waals surface area contributed by atoms with Crippen LogP contribution in [0.2, 0.25) is 0 Å². The molecule has 0 bridgehead atoms. The van der Waals surface area contributed by atoms with Crippen molar-refractivity contribution in [3.05, 3.63) is 48.2 Å². The Bertz CT molecular complexity index is 555. The van der Waals surface area contributed by atoms with Gasteiger partial charge >= 0.3 is 0 Å². The van der Waals surface area contributed by atoms with Gasteiger partial charge in [0.1, 0.15) is 5.75 Å². The molecule has 0 saturated heterocycles. The number of aromatic nitrogens is 1. The number of hydrogen-bond donors (Lipinski definition) is 1. The van der Waals surface area contributed by atoms with Crippen molar-refractivity contribution in [2.75, 3.05) is 18.5 Å².